The summed E-state index contributed by atoms with van der Waals surface area (Å²) in [6, 6.07) is 0.809. The zero-order chi connectivity index (χ0) is 68.2. The predicted molar refractivity (Wildman–Crippen MR) is 346 cm³/mol. The molecule has 1 saturated heterocycles. The minimum absolute atomic E-state index is 0.00484. The number of pyridine rings is 1. The van der Waals surface area contributed by atoms with E-state index in [1.807, 2.05) is 0 Å². The third kappa shape index (κ3) is 13.2. The Balaban J connectivity index is 1.04. The van der Waals surface area contributed by atoms with E-state index in [2.05, 4.69) is 41.5 Å². The Kier molecular flexibility index (Phi) is 19.2. The fourth-order valence-electron chi connectivity index (χ4n) is 11.7. The lowest BCUT2D eigenvalue weighted by Crippen LogP contribution is -2.62. The van der Waals surface area contributed by atoms with Crippen LogP contribution in [0.2, 0.25) is 0 Å². The molecule has 10 atom stereocenters. The Morgan fingerprint density at radius 3 is 2.27 bits per heavy atom. The van der Waals surface area contributed by atoms with E-state index in [1.165, 1.54) is 54.6 Å². The number of nitrogens with zero attached hydrogens (tertiary/aromatic N) is 8. The highest BCUT2D eigenvalue weighted by atomic mass is 32.1. The van der Waals surface area contributed by atoms with Crippen LogP contribution in [-0.4, -0.2) is 191 Å². The zero-order valence-electron chi connectivity index (χ0n) is 51.9. The van der Waals surface area contributed by atoms with Gasteiger partial charge in [-0.2, -0.15) is 4.73 Å². The summed E-state index contributed by atoms with van der Waals surface area (Å²) in [6.07, 6.45) is -7.47. The number of aliphatic hydroxyl groups is 2. The molecule has 1 fully saturated rings. The standard InChI is InChI=1S/C60H62N14O17S5/c1-23(75)39-52(81)71-40(24(2)86-7)55-67-34(22-94-55)51(80)72-43-45-46(91-37-14-60(4,84)47(73(5)6)25(3)90-37)59(83)88-15-26-9-8-10-35-38(26)28(16-87-45)44(74(35)85)58(82)89-17-29(63-49(78)32-21-96-57(43)68-32)54-64-30(18-93-54)41-27(53-65-33(20-92-53)50(79)70-39)13-36(76)42(69-41)56-66-31(19-95-56)48(77)62-12-11-61/h8-10,13,18-23,25,29,37,39,43,45-47,75-76,84-85H,11-12,14-17,61H2,1-7H3,(H,62,77)(H,63,78)(H,70,79)(H,71,81)(H,72,80)/b40-24+/t23-,25+,29+,37+,39+,43+,45+,46+,47-,60+/m1/s1. The molecule has 96 heavy (non-hydrogen) atoms. The number of nitrogens with two attached hydrogens (primary N) is 1. The maximum Gasteiger partial charge on any atom is 0.358 e. The average molecular weight is 1410 g/mol. The number of aromatic hydroxyl groups is 1. The van der Waals surface area contributed by atoms with Gasteiger partial charge in [-0.3, -0.25) is 24.0 Å². The van der Waals surface area contributed by atoms with Crippen LogP contribution in [0.25, 0.3) is 49.3 Å². The second kappa shape index (κ2) is 27.4. The Bertz CT molecular complexity index is 4420. The molecule has 0 unspecified atom stereocenters. The van der Waals surface area contributed by atoms with E-state index in [9.17, 15) is 39.7 Å². The SMILES string of the molecule is CO/C(C)=C1/NC(=O)[C@H]([C@@H](C)O)NC(=O)c2csc(n2)-c2cc(O)c(-c3nc(C(=O)NCCN)cs3)nc2-c2csc(n2)[C@@H]2COC(=O)c3c4c5c(cccc5n3O)COC(=O)[C@@H](O[C@H]3C[C@](C)(O)[C@H](N(C)C)[C@H](C)O3)[C@@H](OC4)[C@H](NC(=O)c3csc1n3)c1nc(cs1)C(=O)N2. The molecule has 0 aliphatic carbocycles. The van der Waals surface area contributed by atoms with Crippen LogP contribution in [0.15, 0.2) is 56.9 Å². The lowest BCUT2D eigenvalue weighted by atomic mass is 9.85. The molecular weight excluding hydrogens is 1350 g/mol. The number of hydrogen-bond donors (Lipinski definition) is 10. The van der Waals surface area contributed by atoms with Crippen LogP contribution in [0.3, 0.4) is 0 Å². The number of aromatic nitrogens is 7. The maximum absolute atomic E-state index is 15.2. The van der Waals surface area contributed by atoms with Gasteiger partial charge in [0.15, 0.2) is 18.1 Å². The van der Waals surface area contributed by atoms with Gasteiger partial charge in [0.05, 0.1) is 43.1 Å². The van der Waals surface area contributed by atoms with Crippen LogP contribution in [0.5, 0.6) is 5.75 Å². The van der Waals surface area contributed by atoms with Crippen molar-refractivity contribution >= 4 is 115 Å². The van der Waals surface area contributed by atoms with E-state index in [0.717, 1.165) is 56.7 Å². The van der Waals surface area contributed by atoms with Crippen molar-refractivity contribution < 1.29 is 82.5 Å². The van der Waals surface area contributed by atoms with E-state index in [4.69, 9.17) is 49.1 Å². The number of hydrogen-bond acceptors (Lipinski definition) is 30. The number of ether oxygens (including phenoxy) is 6. The summed E-state index contributed by atoms with van der Waals surface area (Å²) in [5, 5.41) is 68.3. The number of carbonyl (C=O) groups is 7. The molecule has 0 saturated carbocycles. The van der Waals surface area contributed by atoms with Crippen molar-refractivity contribution in [1.29, 1.82) is 0 Å². The minimum atomic E-state index is -1.90. The molecule has 4 aliphatic heterocycles. The topological polar surface area (TPSA) is 427 Å². The molecule has 11 N–H and O–H groups in total. The fourth-order valence-corrected chi connectivity index (χ4v) is 15.9. The van der Waals surface area contributed by atoms with Crippen LogP contribution >= 0.6 is 56.7 Å². The number of nitrogens with one attached hydrogen (secondary N) is 5. The van der Waals surface area contributed by atoms with E-state index < -0.39 is 133 Å². The average Bonchev–Trinajstić information content (AvgIpc) is 1.56. The Hall–Kier alpha value is -8.79. The van der Waals surface area contributed by atoms with Gasteiger partial charge < -0.3 is 86.2 Å². The molecule has 11 heterocycles. The van der Waals surface area contributed by atoms with Crippen molar-refractivity contribution in [3.8, 4) is 38.4 Å². The summed E-state index contributed by atoms with van der Waals surface area (Å²) in [6.45, 7) is 4.66. The van der Waals surface area contributed by atoms with Gasteiger partial charge in [0.1, 0.15) is 120 Å². The quantitative estimate of drug-likeness (QED) is 0.0557. The molecular formula is C60H62N14O17S5. The third-order valence-electron chi connectivity index (χ3n) is 16.2. The van der Waals surface area contributed by atoms with Crippen molar-refractivity contribution in [1.82, 2.24) is 66.1 Å². The number of thiazole rings is 5. The molecule has 12 rings (SSSR count). The monoisotopic (exact) mass is 1410 g/mol. The summed E-state index contributed by atoms with van der Waals surface area (Å²) in [5.41, 5.74) is 3.38. The first-order chi connectivity index (χ1) is 45.9. The van der Waals surface area contributed by atoms with Gasteiger partial charge in [0, 0.05) is 62.9 Å². The van der Waals surface area contributed by atoms with Crippen LogP contribution < -0.4 is 32.3 Å². The molecule has 8 aromatic rings. The summed E-state index contributed by atoms with van der Waals surface area (Å²) in [4.78, 5) is 132. The summed E-state index contributed by atoms with van der Waals surface area (Å²) >= 11 is 4.67. The first-order valence-corrected chi connectivity index (χ1v) is 34.0. The number of cyclic esters (lactones) is 2. The zero-order valence-corrected chi connectivity index (χ0v) is 56.0. The number of esters is 2. The number of carbonyl (C=O) groups excluding carboxylic acids is 7. The molecule has 5 amide bonds. The molecule has 0 radical (unpaired) electrons. The smallest absolute Gasteiger partial charge is 0.358 e. The predicted octanol–water partition coefficient (Wildman–Crippen LogP) is 3.85. The lowest BCUT2D eigenvalue weighted by molar-refractivity contribution is -0.280. The number of aliphatic hydroxyl groups excluding tert-OH is 1. The highest BCUT2D eigenvalue weighted by Crippen LogP contribution is 2.43. The van der Waals surface area contributed by atoms with Gasteiger partial charge in [-0.25, -0.2) is 39.5 Å². The molecule has 0 spiro atoms. The number of amides is 5. The van der Waals surface area contributed by atoms with E-state index in [1.54, 1.807) is 50.4 Å². The van der Waals surface area contributed by atoms with Crippen molar-refractivity contribution in [3.63, 3.8) is 0 Å². The van der Waals surface area contributed by atoms with Crippen LogP contribution in [0.4, 0.5) is 0 Å². The van der Waals surface area contributed by atoms with Gasteiger partial charge in [0.25, 0.3) is 23.6 Å². The summed E-state index contributed by atoms with van der Waals surface area (Å²) < 4.78 is 38.2. The Labute approximate surface area is 564 Å². The van der Waals surface area contributed by atoms with Gasteiger partial charge in [0.2, 0.25) is 5.91 Å². The second-order valence-electron chi connectivity index (χ2n) is 23.1. The van der Waals surface area contributed by atoms with E-state index in [0.29, 0.717) is 10.3 Å². The highest BCUT2D eigenvalue weighted by Gasteiger charge is 2.50. The number of fused-ring (bicyclic) bond motifs is 15. The fraction of sp³-hybridized carbons (Fsp3) is 0.383. The molecule has 7 aromatic heterocycles. The maximum atomic E-state index is 15.2. The number of allylic oxidation sites excluding steroid dienone is 1. The molecule has 504 valence electrons. The van der Waals surface area contributed by atoms with Gasteiger partial charge >= 0.3 is 11.9 Å². The van der Waals surface area contributed by atoms with E-state index in [-0.39, 0.29) is 118 Å². The van der Waals surface area contributed by atoms with Crippen LogP contribution in [-0.2, 0) is 51.2 Å². The number of methoxy groups -OCH3 is 1. The van der Waals surface area contributed by atoms with Crippen LogP contribution in [0.1, 0.15) is 125 Å². The Morgan fingerprint density at radius 1 is 0.865 bits per heavy atom. The minimum Gasteiger partial charge on any atom is -0.506 e. The van der Waals surface area contributed by atoms with Gasteiger partial charge in [-0.1, -0.05) is 12.1 Å². The molecule has 36 heteroatoms. The van der Waals surface area contributed by atoms with Crippen LogP contribution in [0, 0.1) is 0 Å². The highest BCUT2D eigenvalue weighted by molar-refractivity contribution is 7.14. The van der Waals surface area contributed by atoms with Gasteiger partial charge in [-0.05, 0) is 59.5 Å². The molecule has 12 bridgehead atoms. The number of benzene rings is 1. The molecule has 31 nitrogen and oxygen atoms in total. The second-order valence-corrected chi connectivity index (χ2v) is 27.4. The number of likely N-dealkylation sites (N-methyl/N-ethyl adjacent to an activating group) is 1. The molecule has 1 aromatic carbocycles. The Morgan fingerprint density at radius 2 is 1.54 bits per heavy atom. The summed E-state index contributed by atoms with van der Waals surface area (Å²) in [7, 11) is 4.86. The third-order valence-corrected chi connectivity index (χ3v) is 20.7. The first-order valence-electron chi connectivity index (χ1n) is 29.6. The summed E-state index contributed by atoms with van der Waals surface area (Å²) in [5.74, 6) is -6.74. The van der Waals surface area contributed by atoms with Crippen molar-refractivity contribution in [2.24, 2.45) is 5.73 Å². The number of rotatable bonds is 9. The van der Waals surface area contributed by atoms with Crippen molar-refractivity contribution in [3.05, 3.63) is 112 Å². The normalized spacial score (nSPS) is 24.4. The largest absolute Gasteiger partial charge is 0.506 e. The van der Waals surface area contributed by atoms with Crippen molar-refractivity contribution in [2.75, 3.05) is 40.9 Å². The van der Waals surface area contributed by atoms with E-state index >= 15 is 14.4 Å². The first kappa shape index (κ1) is 67.2. The van der Waals surface area contributed by atoms with Crippen molar-refractivity contribution in [2.45, 2.75) is 108 Å². The van der Waals surface area contributed by atoms with Gasteiger partial charge in [-0.15, -0.1) is 56.7 Å². The molecule has 4 aliphatic rings. The lowest BCUT2D eigenvalue weighted by Gasteiger charge is -2.48.